The van der Waals surface area contributed by atoms with Gasteiger partial charge in [0.25, 0.3) is 0 Å². The van der Waals surface area contributed by atoms with Gasteiger partial charge in [0.05, 0.1) is 29.9 Å². The highest BCUT2D eigenvalue weighted by Crippen LogP contribution is 2.19. The van der Waals surface area contributed by atoms with Crippen LogP contribution in [0.25, 0.3) is 0 Å². The lowest BCUT2D eigenvalue weighted by atomic mass is 10.3. The number of anilines is 1. The molecule has 0 saturated heterocycles. The first-order chi connectivity index (χ1) is 9.60. The maximum Gasteiger partial charge on any atom is 0.337 e. The molecule has 0 unspecified atom stereocenters. The van der Waals surface area contributed by atoms with Crippen LogP contribution >= 0.6 is 11.6 Å². The van der Waals surface area contributed by atoms with Crippen LogP contribution in [0.4, 0.5) is 5.82 Å². The van der Waals surface area contributed by atoms with Gasteiger partial charge in [0.1, 0.15) is 11.5 Å². The molecule has 0 aliphatic rings. The van der Waals surface area contributed by atoms with Gasteiger partial charge in [-0.1, -0.05) is 16.8 Å². The Labute approximate surface area is 119 Å². The molecule has 2 aromatic heterocycles. The Balaban J connectivity index is 1.92. The molecule has 106 valence electrons. The molecule has 0 atom stereocenters. The number of rotatable bonds is 6. The molecule has 8 nitrogen and oxygen atoms in total. The molecule has 0 saturated carbocycles. The van der Waals surface area contributed by atoms with E-state index in [4.69, 9.17) is 21.8 Å². The van der Waals surface area contributed by atoms with Crippen LogP contribution in [-0.4, -0.2) is 42.7 Å². The normalized spacial score (nSPS) is 10.5. The molecule has 0 fully saturated rings. The minimum absolute atomic E-state index is 0.0319. The Morgan fingerprint density at radius 2 is 2.30 bits per heavy atom. The second-order valence-electron chi connectivity index (χ2n) is 3.92. The molecule has 0 bridgehead atoms. The predicted molar refractivity (Wildman–Crippen MR) is 70.6 cm³/mol. The van der Waals surface area contributed by atoms with Gasteiger partial charge in [0, 0.05) is 12.7 Å². The van der Waals surface area contributed by atoms with E-state index in [2.05, 4.69) is 20.6 Å². The summed E-state index contributed by atoms with van der Waals surface area (Å²) >= 11 is 5.93. The second kappa shape index (κ2) is 6.31. The largest absolute Gasteiger partial charge is 0.478 e. The summed E-state index contributed by atoms with van der Waals surface area (Å²) in [6.45, 7) is 0.830. The molecule has 3 N–H and O–H groups in total. The van der Waals surface area contributed by atoms with E-state index in [-0.39, 0.29) is 17.2 Å². The van der Waals surface area contributed by atoms with Crippen molar-refractivity contribution in [2.45, 2.75) is 13.2 Å². The summed E-state index contributed by atoms with van der Waals surface area (Å²) in [5.74, 6) is -0.677. The lowest BCUT2D eigenvalue weighted by Gasteiger charge is -2.07. The molecular weight excluding hydrogens is 286 g/mol. The highest BCUT2D eigenvalue weighted by Gasteiger charge is 2.08. The van der Waals surface area contributed by atoms with E-state index in [9.17, 15) is 4.79 Å². The number of aromatic carboxylic acids is 1. The molecule has 0 spiro atoms. The van der Waals surface area contributed by atoms with Crippen LogP contribution < -0.4 is 5.32 Å². The Bertz CT molecular complexity index is 616. The van der Waals surface area contributed by atoms with Crippen molar-refractivity contribution >= 4 is 23.4 Å². The highest BCUT2D eigenvalue weighted by atomic mass is 35.5. The van der Waals surface area contributed by atoms with Crippen LogP contribution in [0.15, 0.2) is 18.5 Å². The van der Waals surface area contributed by atoms with E-state index >= 15 is 0 Å². The van der Waals surface area contributed by atoms with Gasteiger partial charge in [-0.15, -0.1) is 5.10 Å². The molecule has 9 heteroatoms. The topological polar surface area (TPSA) is 113 Å². The molecule has 0 amide bonds. The lowest BCUT2D eigenvalue weighted by molar-refractivity contribution is 0.0696. The SMILES string of the molecule is O=C(O)c1cnc(NCCn2cc(CO)nn2)c(Cl)c1. The zero-order valence-corrected chi connectivity index (χ0v) is 11.1. The van der Waals surface area contributed by atoms with E-state index in [0.29, 0.717) is 24.6 Å². The Morgan fingerprint density at radius 3 is 2.90 bits per heavy atom. The molecule has 0 aliphatic heterocycles. The highest BCUT2D eigenvalue weighted by molar-refractivity contribution is 6.33. The fraction of sp³-hybridized carbons (Fsp3) is 0.273. The van der Waals surface area contributed by atoms with Crippen LogP contribution in [0.1, 0.15) is 16.1 Å². The van der Waals surface area contributed by atoms with Gasteiger partial charge in [-0.2, -0.15) is 0 Å². The molecule has 0 aliphatic carbocycles. The summed E-state index contributed by atoms with van der Waals surface area (Å²) in [4.78, 5) is 14.7. The van der Waals surface area contributed by atoms with Crippen molar-refractivity contribution in [3.8, 4) is 0 Å². The van der Waals surface area contributed by atoms with E-state index in [1.165, 1.54) is 12.3 Å². The van der Waals surface area contributed by atoms with Crippen LogP contribution in [0, 0.1) is 0 Å². The van der Waals surface area contributed by atoms with Gasteiger partial charge >= 0.3 is 5.97 Å². The third kappa shape index (κ3) is 3.43. The first-order valence-corrected chi connectivity index (χ1v) is 6.10. The molecular formula is C11H12ClN5O3. The van der Waals surface area contributed by atoms with Crippen molar-refractivity contribution < 1.29 is 15.0 Å². The van der Waals surface area contributed by atoms with E-state index in [1.807, 2.05) is 0 Å². The third-order valence-corrected chi connectivity index (χ3v) is 2.76. The average molecular weight is 298 g/mol. The number of nitrogens with zero attached hydrogens (tertiary/aromatic N) is 4. The zero-order chi connectivity index (χ0) is 14.5. The fourth-order valence-electron chi connectivity index (χ4n) is 1.49. The molecule has 2 rings (SSSR count). The summed E-state index contributed by atoms with van der Waals surface area (Å²) in [7, 11) is 0. The smallest absolute Gasteiger partial charge is 0.337 e. The zero-order valence-electron chi connectivity index (χ0n) is 10.3. The Hall–Kier alpha value is -2.19. The van der Waals surface area contributed by atoms with Crippen molar-refractivity contribution in [2.24, 2.45) is 0 Å². The van der Waals surface area contributed by atoms with Crippen molar-refractivity contribution in [3.05, 3.63) is 34.7 Å². The first kappa shape index (κ1) is 14.2. The van der Waals surface area contributed by atoms with Crippen LogP contribution in [0.5, 0.6) is 0 Å². The number of aromatic nitrogens is 4. The molecule has 2 heterocycles. The number of hydrogen-bond acceptors (Lipinski definition) is 6. The van der Waals surface area contributed by atoms with Gasteiger partial charge in [-0.25, -0.2) is 9.78 Å². The minimum Gasteiger partial charge on any atom is -0.478 e. The van der Waals surface area contributed by atoms with Gasteiger partial charge in [-0.3, -0.25) is 4.68 Å². The number of aliphatic hydroxyl groups excluding tert-OH is 1. The third-order valence-electron chi connectivity index (χ3n) is 2.47. The number of aliphatic hydroxyl groups is 1. The Morgan fingerprint density at radius 1 is 1.50 bits per heavy atom. The van der Waals surface area contributed by atoms with Crippen LogP contribution in [0.2, 0.25) is 5.02 Å². The summed E-state index contributed by atoms with van der Waals surface area (Å²) in [5, 5.41) is 28.4. The summed E-state index contributed by atoms with van der Waals surface area (Å²) in [5.41, 5.74) is 0.524. The van der Waals surface area contributed by atoms with E-state index in [1.54, 1.807) is 10.9 Å². The van der Waals surface area contributed by atoms with Crippen molar-refractivity contribution in [2.75, 3.05) is 11.9 Å². The van der Waals surface area contributed by atoms with Crippen LogP contribution in [0.3, 0.4) is 0 Å². The maximum absolute atomic E-state index is 10.7. The standard InChI is InChI=1S/C11H12ClN5O3/c12-9-3-7(11(19)20)4-14-10(9)13-1-2-17-5-8(6-18)15-16-17/h3-5,18H,1-2,6H2,(H,13,14)(H,19,20). The molecule has 0 radical (unpaired) electrons. The average Bonchev–Trinajstić information content (AvgIpc) is 2.88. The summed E-state index contributed by atoms with van der Waals surface area (Å²) in [6, 6.07) is 1.33. The number of pyridine rings is 1. The number of carboxylic acid groups (broad SMARTS) is 1. The number of carbonyl (C=O) groups is 1. The van der Waals surface area contributed by atoms with Crippen molar-refractivity contribution in [1.29, 1.82) is 0 Å². The fourth-order valence-corrected chi connectivity index (χ4v) is 1.73. The summed E-state index contributed by atoms with van der Waals surface area (Å²) < 4.78 is 1.57. The van der Waals surface area contributed by atoms with Gasteiger partial charge in [0.2, 0.25) is 0 Å². The quantitative estimate of drug-likeness (QED) is 0.716. The number of halogens is 1. The minimum atomic E-state index is -1.08. The monoisotopic (exact) mass is 297 g/mol. The number of nitrogens with one attached hydrogen (secondary N) is 1. The van der Waals surface area contributed by atoms with Crippen molar-refractivity contribution in [1.82, 2.24) is 20.0 Å². The number of carboxylic acids is 1. The van der Waals surface area contributed by atoms with Gasteiger partial charge < -0.3 is 15.5 Å². The maximum atomic E-state index is 10.7. The molecule has 0 aromatic carbocycles. The van der Waals surface area contributed by atoms with E-state index in [0.717, 1.165) is 0 Å². The summed E-state index contributed by atoms with van der Waals surface area (Å²) in [6.07, 6.45) is 2.86. The number of hydrogen-bond donors (Lipinski definition) is 3. The van der Waals surface area contributed by atoms with Gasteiger partial charge in [0.15, 0.2) is 0 Å². The van der Waals surface area contributed by atoms with Crippen LogP contribution in [-0.2, 0) is 13.2 Å². The first-order valence-electron chi connectivity index (χ1n) is 5.72. The van der Waals surface area contributed by atoms with Crippen molar-refractivity contribution in [3.63, 3.8) is 0 Å². The second-order valence-corrected chi connectivity index (χ2v) is 4.32. The van der Waals surface area contributed by atoms with E-state index < -0.39 is 5.97 Å². The van der Waals surface area contributed by atoms with Gasteiger partial charge in [-0.05, 0) is 6.07 Å². The molecule has 2 aromatic rings. The lowest BCUT2D eigenvalue weighted by Crippen LogP contribution is -2.12. The predicted octanol–water partition coefficient (Wildman–Crippen LogP) is 0.629. The molecule has 20 heavy (non-hydrogen) atoms. The Kier molecular flexibility index (Phi) is 4.49.